The zero-order chi connectivity index (χ0) is 13.8. The van der Waals surface area contributed by atoms with Crippen LogP contribution in [0.5, 0.6) is 0 Å². The average Bonchev–Trinajstić information content (AvgIpc) is 2.74. The van der Waals surface area contributed by atoms with E-state index in [0.717, 1.165) is 16.9 Å². The number of aromatic nitrogens is 3. The van der Waals surface area contributed by atoms with Gasteiger partial charge in [-0.25, -0.2) is 0 Å². The molecule has 0 aliphatic carbocycles. The number of aryl methyl sites for hydroxylation is 1. The summed E-state index contributed by atoms with van der Waals surface area (Å²) in [6.45, 7) is 4.19. The third-order valence-corrected chi connectivity index (χ3v) is 2.82. The van der Waals surface area contributed by atoms with Gasteiger partial charge in [0.2, 0.25) is 5.91 Å². The van der Waals surface area contributed by atoms with Crippen molar-refractivity contribution in [3.8, 4) is 0 Å². The number of nitrogens with zero attached hydrogens (tertiary/aromatic N) is 3. The molecule has 2 rings (SSSR count). The molecule has 0 aliphatic heterocycles. The van der Waals surface area contributed by atoms with Crippen molar-refractivity contribution < 1.29 is 4.79 Å². The zero-order valence-corrected chi connectivity index (χ0v) is 11.4. The van der Waals surface area contributed by atoms with Crippen molar-refractivity contribution in [2.75, 3.05) is 5.32 Å². The molecule has 0 unspecified atom stereocenters. The van der Waals surface area contributed by atoms with Crippen LogP contribution in [-0.2, 0) is 18.3 Å². The van der Waals surface area contributed by atoms with Gasteiger partial charge in [0.25, 0.3) is 0 Å². The van der Waals surface area contributed by atoms with Crippen LogP contribution in [0.3, 0.4) is 0 Å². The molecular weight excluding hydrogens is 240 g/mol. The highest BCUT2D eigenvalue weighted by atomic mass is 16.1. The number of rotatable bonds is 4. The highest BCUT2D eigenvalue weighted by molar-refractivity contribution is 5.91. The van der Waals surface area contributed by atoms with Crippen molar-refractivity contribution in [1.82, 2.24) is 14.8 Å². The molecule has 100 valence electrons. The topological polar surface area (TPSA) is 59.8 Å². The highest BCUT2D eigenvalue weighted by Gasteiger charge is 2.08. The molecule has 2 aromatic rings. The van der Waals surface area contributed by atoms with Gasteiger partial charge in [-0.1, -0.05) is 13.8 Å². The Balaban J connectivity index is 2.00. The monoisotopic (exact) mass is 258 g/mol. The molecule has 2 aromatic heterocycles. The number of hydrogen-bond donors (Lipinski definition) is 1. The summed E-state index contributed by atoms with van der Waals surface area (Å²) in [4.78, 5) is 16.0. The van der Waals surface area contributed by atoms with Gasteiger partial charge in [0.15, 0.2) is 0 Å². The van der Waals surface area contributed by atoms with Crippen molar-refractivity contribution in [2.45, 2.75) is 26.2 Å². The van der Waals surface area contributed by atoms with Gasteiger partial charge >= 0.3 is 0 Å². The second kappa shape index (κ2) is 5.65. The molecule has 0 aromatic carbocycles. The molecule has 5 nitrogen and oxygen atoms in total. The van der Waals surface area contributed by atoms with E-state index in [1.54, 1.807) is 10.9 Å². The third kappa shape index (κ3) is 3.64. The minimum absolute atomic E-state index is 0.0820. The smallest absolute Gasteiger partial charge is 0.230 e. The standard InChI is InChI=1S/C14H18N4O/c1-10(2)11-6-13(9-15-8-11)16-14(19)7-12-4-5-18(3)17-12/h4-6,8-10H,7H2,1-3H3,(H,16,19). The van der Waals surface area contributed by atoms with Gasteiger partial charge < -0.3 is 5.32 Å². The first-order valence-electron chi connectivity index (χ1n) is 6.28. The van der Waals surface area contributed by atoms with Crippen LogP contribution >= 0.6 is 0 Å². The lowest BCUT2D eigenvalue weighted by Gasteiger charge is -2.08. The summed E-state index contributed by atoms with van der Waals surface area (Å²) in [7, 11) is 1.83. The minimum Gasteiger partial charge on any atom is -0.324 e. The van der Waals surface area contributed by atoms with Crippen molar-refractivity contribution in [1.29, 1.82) is 0 Å². The van der Waals surface area contributed by atoms with Crippen LogP contribution in [0.4, 0.5) is 5.69 Å². The first-order chi connectivity index (χ1) is 9.04. The van der Waals surface area contributed by atoms with E-state index in [1.807, 2.05) is 31.6 Å². The normalized spacial score (nSPS) is 10.7. The van der Waals surface area contributed by atoms with E-state index in [2.05, 4.69) is 29.2 Å². The molecule has 0 radical (unpaired) electrons. The quantitative estimate of drug-likeness (QED) is 0.913. The zero-order valence-electron chi connectivity index (χ0n) is 11.4. The molecule has 1 N–H and O–H groups in total. The van der Waals surface area contributed by atoms with E-state index in [0.29, 0.717) is 5.92 Å². The summed E-state index contributed by atoms with van der Waals surface area (Å²) in [6, 6.07) is 3.79. The third-order valence-electron chi connectivity index (χ3n) is 2.82. The minimum atomic E-state index is -0.0820. The Morgan fingerprint density at radius 3 is 2.84 bits per heavy atom. The summed E-state index contributed by atoms with van der Waals surface area (Å²) >= 11 is 0. The lowest BCUT2D eigenvalue weighted by molar-refractivity contribution is -0.115. The lowest BCUT2D eigenvalue weighted by Crippen LogP contribution is -2.15. The van der Waals surface area contributed by atoms with Gasteiger partial charge in [0, 0.05) is 19.4 Å². The molecular formula is C14H18N4O. The largest absolute Gasteiger partial charge is 0.324 e. The fourth-order valence-corrected chi connectivity index (χ4v) is 1.77. The molecule has 0 aliphatic rings. The Kier molecular flexibility index (Phi) is 3.94. The Morgan fingerprint density at radius 1 is 1.42 bits per heavy atom. The van der Waals surface area contributed by atoms with E-state index in [4.69, 9.17) is 0 Å². The van der Waals surface area contributed by atoms with E-state index < -0.39 is 0 Å². The summed E-state index contributed by atoms with van der Waals surface area (Å²) in [5.74, 6) is 0.307. The summed E-state index contributed by atoms with van der Waals surface area (Å²) in [5, 5.41) is 7.02. The van der Waals surface area contributed by atoms with Crippen LogP contribution < -0.4 is 5.32 Å². The first kappa shape index (κ1) is 13.3. The summed E-state index contributed by atoms with van der Waals surface area (Å²) in [6.07, 6.45) is 5.57. The predicted molar refractivity (Wildman–Crippen MR) is 73.9 cm³/mol. The lowest BCUT2D eigenvalue weighted by atomic mass is 10.1. The number of anilines is 1. The molecule has 0 saturated carbocycles. The van der Waals surface area contributed by atoms with Gasteiger partial charge in [-0.3, -0.25) is 14.5 Å². The Morgan fingerprint density at radius 2 is 2.21 bits per heavy atom. The molecule has 0 saturated heterocycles. The van der Waals surface area contributed by atoms with Crippen LogP contribution in [0.2, 0.25) is 0 Å². The van der Waals surface area contributed by atoms with E-state index in [9.17, 15) is 4.79 Å². The fourth-order valence-electron chi connectivity index (χ4n) is 1.77. The van der Waals surface area contributed by atoms with Crippen LogP contribution in [0.15, 0.2) is 30.7 Å². The number of carbonyl (C=O) groups is 1. The Labute approximate surface area is 112 Å². The van der Waals surface area contributed by atoms with Gasteiger partial charge in [-0.15, -0.1) is 0 Å². The maximum atomic E-state index is 11.9. The van der Waals surface area contributed by atoms with Crippen molar-refractivity contribution in [3.05, 3.63) is 42.0 Å². The van der Waals surface area contributed by atoms with E-state index in [1.165, 1.54) is 0 Å². The van der Waals surface area contributed by atoms with Crippen LogP contribution in [0, 0.1) is 0 Å². The SMILES string of the molecule is CC(C)c1cncc(NC(=O)Cc2ccn(C)n2)c1. The molecule has 0 fully saturated rings. The molecule has 0 atom stereocenters. The van der Waals surface area contributed by atoms with Gasteiger partial charge in [0.1, 0.15) is 0 Å². The second-order valence-corrected chi connectivity index (χ2v) is 4.87. The van der Waals surface area contributed by atoms with E-state index in [-0.39, 0.29) is 12.3 Å². The molecule has 0 spiro atoms. The van der Waals surface area contributed by atoms with Crippen LogP contribution in [-0.4, -0.2) is 20.7 Å². The van der Waals surface area contributed by atoms with E-state index >= 15 is 0 Å². The highest BCUT2D eigenvalue weighted by Crippen LogP contribution is 2.17. The van der Waals surface area contributed by atoms with Gasteiger partial charge in [0.05, 0.1) is 24.0 Å². The van der Waals surface area contributed by atoms with Crippen molar-refractivity contribution in [3.63, 3.8) is 0 Å². The average molecular weight is 258 g/mol. The number of pyridine rings is 1. The first-order valence-corrected chi connectivity index (χ1v) is 6.28. The second-order valence-electron chi connectivity index (χ2n) is 4.87. The fraction of sp³-hybridized carbons (Fsp3) is 0.357. The summed E-state index contributed by atoms with van der Waals surface area (Å²) in [5.41, 5.74) is 2.59. The molecule has 19 heavy (non-hydrogen) atoms. The van der Waals surface area contributed by atoms with Gasteiger partial charge in [-0.05, 0) is 23.6 Å². The Hall–Kier alpha value is -2.17. The molecule has 0 bridgehead atoms. The number of hydrogen-bond acceptors (Lipinski definition) is 3. The van der Waals surface area contributed by atoms with Gasteiger partial charge in [-0.2, -0.15) is 5.10 Å². The maximum Gasteiger partial charge on any atom is 0.230 e. The van der Waals surface area contributed by atoms with Crippen LogP contribution in [0.25, 0.3) is 0 Å². The predicted octanol–water partition coefficient (Wildman–Crippen LogP) is 2.12. The van der Waals surface area contributed by atoms with Crippen LogP contribution in [0.1, 0.15) is 31.0 Å². The van der Waals surface area contributed by atoms with Crippen molar-refractivity contribution in [2.24, 2.45) is 7.05 Å². The maximum absolute atomic E-state index is 11.9. The molecule has 2 heterocycles. The number of amides is 1. The summed E-state index contributed by atoms with van der Waals surface area (Å²) < 4.78 is 1.68. The van der Waals surface area contributed by atoms with Crippen molar-refractivity contribution >= 4 is 11.6 Å². The molecule has 5 heteroatoms. The molecule has 1 amide bonds. The number of nitrogens with one attached hydrogen (secondary N) is 1. The Bertz CT molecular complexity index is 574. The number of carbonyl (C=O) groups excluding carboxylic acids is 1.